The number of carbonyl (C=O) groups excluding carboxylic acids is 1. The molecule has 2 fully saturated rings. The van der Waals surface area contributed by atoms with Gasteiger partial charge in [-0.05, 0) is 13.8 Å². The quantitative estimate of drug-likeness (QED) is 0.523. The Labute approximate surface area is 70.3 Å². The molecule has 1 amide bonds. The van der Waals surface area contributed by atoms with Gasteiger partial charge in [-0.2, -0.15) is 0 Å². The fraction of sp³-hybridized carbons (Fsp3) is 0.857. The van der Waals surface area contributed by atoms with Crippen LogP contribution in [0.4, 0.5) is 0 Å². The van der Waals surface area contributed by atoms with Crippen LogP contribution in [-0.4, -0.2) is 33.5 Å². The van der Waals surface area contributed by atoms with Crippen LogP contribution in [0.15, 0.2) is 0 Å². The van der Waals surface area contributed by atoms with E-state index < -0.39 is 0 Å². The summed E-state index contributed by atoms with van der Waals surface area (Å²) in [4.78, 5) is 13.0. The van der Waals surface area contributed by atoms with E-state index in [1.165, 1.54) is 0 Å². The Hall–Kier alpha value is -0.220. The van der Waals surface area contributed by atoms with Crippen LogP contribution in [0, 0.1) is 0 Å². The summed E-state index contributed by atoms with van der Waals surface area (Å²) in [6.45, 7) is 5.15. The van der Waals surface area contributed by atoms with Crippen LogP contribution < -0.4 is 5.73 Å². The Bertz CT molecular complexity index is 216. The first-order valence-electron chi connectivity index (χ1n) is 3.75. The van der Waals surface area contributed by atoms with Gasteiger partial charge in [0.15, 0.2) is 0 Å². The van der Waals surface area contributed by atoms with Gasteiger partial charge >= 0.3 is 0 Å². The lowest BCUT2D eigenvalue weighted by Gasteiger charge is -2.38. The molecule has 0 saturated carbocycles. The zero-order chi connectivity index (χ0) is 8.22. The van der Waals surface area contributed by atoms with Crippen molar-refractivity contribution in [3.8, 4) is 0 Å². The van der Waals surface area contributed by atoms with E-state index >= 15 is 0 Å². The lowest BCUT2D eigenvalue weighted by Crippen LogP contribution is -2.64. The fourth-order valence-corrected chi connectivity index (χ4v) is 3.07. The van der Waals surface area contributed by atoms with E-state index in [4.69, 9.17) is 5.73 Å². The van der Waals surface area contributed by atoms with Gasteiger partial charge in [0.2, 0.25) is 5.91 Å². The minimum Gasteiger partial charge on any atom is -0.326 e. The van der Waals surface area contributed by atoms with E-state index in [1.54, 1.807) is 0 Å². The number of fused-ring (bicyclic) bond motifs is 1. The van der Waals surface area contributed by atoms with Crippen molar-refractivity contribution in [2.75, 3.05) is 6.54 Å². The maximum atomic E-state index is 11.1. The first kappa shape index (κ1) is 7.43. The standard InChI is InChI=1S/C7H12N2OS/c1-7(2)3-9-5(10)4(8)6(9)11-7/h4,6H,3,8H2,1-2H3/t4-,6-/m1/s1. The van der Waals surface area contributed by atoms with Crippen molar-refractivity contribution < 1.29 is 4.79 Å². The van der Waals surface area contributed by atoms with Gasteiger partial charge in [0.25, 0.3) is 0 Å². The van der Waals surface area contributed by atoms with Gasteiger partial charge in [-0.15, -0.1) is 11.8 Å². The molecule has 2 atom stereocenters. The summed E-state index contributed by atoms with van der Waals surface area (Å²) in [5, 5.41) is 0.262. The minimum atomic E-state index is -0.234. The largest absolute Gasteiger partial charge is 0.326 e. The second kappa shape index (κ2) is 1.93. The molecule has 0 bridgehead atoms. The number of carbonyl (C=O) groups is 1. The highest BCUT2D eigenvalue weighted by Gasteiger charge is 2.54. The SMILES string of the molecule is CC1(C)CN2C(=O)[C@@H](N)[C@H]2S1. The average Bonchev–Trinajstić information content (AvgIpc) is 2.23. The minimum absolute atomic E-state index is 0.119. The molecule has 3 nitrogen and oxygen atoms in total. The lowest BCUT2D eigenvalue weighted by atomic mass is 10.1. The monoisotopic (exact) mass is 172 g/mol. The third kappa shape index (κ3) is 0.891. The molecule has 2 aliphatic rings. The Morgan fingerprint density at radius 1 is 1.73 bits per heavy atom. The van der Waals surface area contributed by atoms with Gasteiger partial charge in [0.1, 0.15) is 11.4 Å². The molecule has 62 valence electrons. The predicted octanol–water partition coefficient (Wildman–Crippen LogP) is 0.00740. The molecule has 0 aromatic carbocycles. The molecule has 2 aliphatic heterocycles. The van der Waals surface area contributed by atoms with Crippen LogP contribution >= 0.6 is 11.8 Å². The molecule has 2 N–H and O–H groups in total. The van der Waals surface area contributed by atoms with Crippen LogP contribution in [-0.2, 0) is 4.79 Å². The van der Waals surface area contributed by atoms with E-state index in [2.05, 4.69) is 13.8 Å². The first-order valence-corrected chi connectivity index (χ1v) is 4.63. The van der Waals surface area contributed by atoms with E-state index in [1.807, 2.05) is 16.7 Å². The van der Waals surface area contributed by atoms with E-state index in [0.717, 1.165) is 6.54 Å². The number of rotatable bonds is 0. The molecule has 0 aromatic heterocycles. The fourth-order valence-electron chi connectivity index (χ4n) is 1.63. The summed E-state index contributed by atoms with van der Waals surface area (Å²) in [7, 11) is 0. The van der Waals surface area contributed by atoms with Gasteiger partial charge in [0.05, 0.1) is 0 Å². The highest BCUT2D eigenvalue weighted by molar-refractivity contribution is 8.01. The molecule has 0 unspecified atom stereocenters. The second-order valence-corrected chi connectivity index (χ2v) is 5.58. The smallest absolute Gasteiger partial charge is 0.243 e. The number of β-lactam (4-membered cyclic amide) rings is 1. The summed E-state index contributed by atoms with van der Waals surface area (Å²) in [6, 6.07) is -0.234. The number of nitrogens with two attached hydrogens (primary N) is 1. The molecule has 0 aromatic rings. The van der Waals surface area contributed by atoms with Gasteiger partial charge in [-0.3, -0.25) is 4.79 Å². The lowest BCUT2D eigenvalue weighted by molar-refractivity contribution is -0.143. The Morgan fingerprint density at radius 3 is 2.91 bits per heavy atom. The van der Waals surface area contributed by atoms with Gasteiger partial charge < -0.3 is 10.6 Å². The van der Waals surface area contributed by atoms with E-state index in [0.29, 0.717) is 0 Å². The molecule has 2 saturated heterocycles. The molecule has 0 aliphatic carbocycles. The number of hydrogen-bond acceptors (Lipinski definition) is 3. The van der Waals surface area contributed by atoms with Crippen molar-refractivity contribution in [2.24, 2.45) is 5.73 Å². The van der Waals surface area contributed by atoms with Crippen LogP contribution in [0.25, 0.3) is 0 Å². The predicted molar refractivity (Wildman–Crippen MR) is 45.1 cm³/mol. The van der Waals surface area contributed by atoms with Crippen molar-refractivity contribution in [3.05, 3.63) is 0 Å². The third-order valence-corrected chi connectivity index (χ3v) is 3.73. The summed E-state index contributed by atoms with van der Waals surface area (Å²) in [6.07, 6.45) is 0. The van der Waals surface area contributed by atoms with Crippen molar-refractivity contribution in [1.29, 1.82) is 0 Å². The zero-order valence-corrected chi connectivity index (χ0v) is 7.52. The van der Waals surface area contributed by atoms with E-state index in [9.17, 15) is 4.79 Å². The molecule has 0 radical (unpaired) electrons. The number of nitrogens with zero attached hydrogens (tertiary/aromatic N) is 1. The van der Waals surface area contributed by atoms with Crippen molar-refractivity contribution >= 4 is 17.7 Å². The summed E-state index contributed by atoms with van der Waals surface area (Å²) in [5.41, 5.74) is 5.62. The molecular formula is C7H12N2OS. The number of hydrogen-bond donors (Lipinski definition) is 1. The van der Waals surface area contributed by atoms with Gasteiger partial charge in [-0.1, -0.05) is 0 Å². The maximum Gasteiger partial charge on any atom is 0.243 e. The van der Waals surface area contributed by atoms with Crippen molar-refractivity contribution in [2.45, 2.75) is 30.0 Å². The number of thioether (sulfide) groups is 1. The van der Waals surface area contributed by atoms with Gasteiger partial charge in [-0.25, -0.2) is 0 Å². The first-order chi connectivity index (χ1) is 5.01. The molecule has 11 heavy (non-hydrogen) atoms. The molecule has 2 rings (SSSR count). The van der Waals surface area contributed by atoms with Gasteiger partial charge in [0, 0.05) is 11.3 Å². The van der Waals surface area contributed by atoms with Crippen LogP contribution in [0.1, 0.15) is 13.8 Å². The molecule has 0 spiro atoms. The summed E-state index contributed by atoms with van der Waals surface area (Å²) in [5.74, 6) is 0.119. The highest BCUT2D eigenvalue weighted by Crippen LogP contribution is 2.45. The Balaban J connectivity index is 2.15. The van der Waals surface area contributed by atoms with Crippen LogP contribution in [0.2, 0.25) is 0 Å². The molecule has 2 heterocycles. The maximum absolute atomic E-state index is 11.1. The summed E-state index contributed by atoms with van der Waals surface area (Å²) >= 11 is 1.81. The number of amides is 1. The van der Waals surface area contributed by atoms with E-state index in [-0.39, 0.29) is 22.1 Å². The molecule has 4 heteroatoms. The summed E-state index contributed by atoms with van der Waals surface area (Å²) < 4.78 is 0.203. The third-order valence-electron chi connectivity index (χ3n) is 2.17. The van der Waals surface area contributed by atoms with Crippen molar-refractivity contribution in [3.63, 3.8) is 0 Å². The van der Waals surface area contributed by atoms with Crippen LogP contribution in [0.5, 0.6) is 0 Å². The Kier molecular flexibility index (Phi) is 1.30. The average molecular weight is 172 g/mol. The van der Waals surface area contributed by atoms with Crippen LogP contribution in [0.3, 0.4) is 0 Å². The second-order valence-electron chi connectivity index (χ2n) is 3.76. The highest BCUT2D eigenvalue weighted by atomic mass is 32.2. The molecular weight excluding hydrogens is 160 g/mol. The Morgan fingerprint density at radius 2 is 2.36 bits per heavy atom. The topological polar surface area (TPSA) is 46.3 Å². The normalized spacial score (nSPS) is 40.3. The van der Waals surface area contributed by atoms with Crippen molar-refractivity contribution in [1.82, 2.24) is 4.90 Å². The zero-order valence-electron chi connectivity index (χ0n) is 6.70.